The molecule has 0 radical (unpaired) electrons. The number of Topliss-reactive ketones (excluding diaryl/α,β-unsaturated/α-hetero) is 1. The van der Waals surface area contributed by atoms with Crippen molar-refractivity contribution in [1.29, 1.82) is 0 Å². The maximum Gasteiger partial charge on any atom is 0.141 e. The maximum absolute atomic E-state index is 11.7. The third-order valence-electron chi connectivity index (χ3n) is 3.38. The number of hydrogen-bond acceptors (Lipinski definition) is 2. The summed E-state index contributed by atoms with van der Waals surface area (Å²) in [6, 6.07) is 0. The molecule has 68 valence electrons. The van der Waals surface area contributed by atoms with Gasteiger partial charge in [0.05, 0.1) is 11.5 Å². The summed E-state index contributed by atoms with van der Waals surface area (Å²) in [6.45, 7) is 2.94. The molecule has 0 aromatic heterocycles. The van der Waals surface area contributed by atoms with E-state index in [2.05, 4.69) is 6.92 Å². The second kappa shape index (κ2) is 2.84. The Morgan fingerprint density at radius 1 is 1.50 bits per heavy atom. The van der Waals surface area contributed by atoms with Crippen molar-refractivity contribution in [3.8, 4) is 0 Å². The van der Waals surface area contributed by atoms with Crippen LogP contribution in [0.2, 0.25) is 0 Å². The summed E-state index contributed by atoms with van der Waals surface area (Å²) in [5.74, 6) is 0.429. The lowest BCUT2D eigenvalue weighted by Gasteiger charge is -2.43. The zero-order valence-electron chi connectivity index (χ0n) is 7.64. The van der Waals surface area contributed by atoms with Gasteiger partial charge in [-0.1, -0.05) is 6.92 Å². The second-order valence-corrected chi connectivity index (χ2v) is 4.20. The Hall–Kier alpha value is -0.370. The summed E-state index contributed by atoms with van der Waals surface area (Å²) < 4.78 is 5.63. The Morgan fingerprint density at radius 3 is 3.08 bits per heavy atom. The molecule has 2 heteroatoms. The number of ether oxygens (including phenoxy) is 1. The largest absolute Gasteiger partial charge is 0.377 e. The van der Waals surface area contributed by atoms with E-state index in [1.807, 2.05) is 0 Å². The molecular formula is C10H16O2. The van der Waals surface area contributed by atoms with Gasteiger partial charge in [-0.05, 0) is 25.7 Å². The monoisotopic (exact) mass is 168 g/mol. The maximum atomic E-state index is 11.7. The van der Waals surface area contributed by atoms with E-state index in [1.165, 1.54) is 0 Å². The number of carbonyl (C=O) groups is 1. The van der Waals surface area contributed by atoms with Gasteiger partial charge in [-0.25, -0.2) is 0 Å². The highest BCUT2D eigenvalue weighted by molar-refractivity contribution is 5.85. The van der Waals surface area contributed by atoms with Gasteiger partial charge in [0.25, 0.3) is 0 Å². The van der Waals surface area contributed by atoms with Crippen LogP contribution < -0.4 is 0 Å². The first-order valence-corrected chi connectivity index (χ1v) is 4.88. The van der Waals surface area contributed by atoms with Gasteiger partial charge in [-0.2, -0.15) is 0 Å². The number of carbonyl (C=O) groups excluding carboxylic acids is 1. The quantitative estimate of drug-likeness (QED) is 0.552. The lowest BCUT2D eigenvalue weighted by atomic mass is 9.68. The van der Waals surface area contributed by atoms with E-state index in [4.69, 9.17) is 4.74 Å². The summed E-state index contributed by atoms with van der Waals surface area (Å²) >= 11 is 0. The van der Waals surface area contributed by atoms with Gasteiger partial charge in [0.1, 0.15) is 5.78 Å². The van der Waals surface area contributed by atoms with Gasteiger partial charge < -0.3 is 4.74 Å². The molecule has 0 aromatic carbocycles. The summed E-state index contributed by atoms with van der Waals surface area (Å²) in [6.07, 6.45) is 5.21. The zero-order valence-corrected chi connectivity index (χ0v) is 7.64. The molecule has 2 nitrogen and oxygen atoms in total. The lowest BCUT2D eigenvalue weighted by molar-refractivity contribution is -0.151. The third kappa shape index (κ3) is 1.09. The third-order valence-corrected chi connectivity index (χ3v) is 3.38. The van der Waals surface area contributed by atoms with Crippen molar-refractivity contribution in [3.05, 3.63) is 0 Å². The van der Waals surface area contributed by atoms with Crippen LogP contribution in [0.5, 0.6) is 0 Å². The van der Waals surface area contributed by atoms with E-state index >= 15 is 0 Å². The first-order valence-electron chi connectivity index (χ1n) is 4.88. The van der Waals surface area contributed by atoms with Gasteiger partial charge in [0.15, 0.2) is 0 Å². The van der Waals surface area contributed by atoms with Crippen LogP contribution in [0.3, 0.4) is 0 Å². The van der Waals surface area contributed by atoms with Crippen LogP contribution >= 0.6 is 0 Å². The second-order valence-electron chi connectivity index (χ2n) is 4.20. The van der Waals surface area contributed by atoms with Crippen molar-refractivity contribution in [3.63, 3.8) is 0 Å². The zero-order chi connectivity index (χ0) is 8.60. The molecule has 2 atom stereocenters. The highest BCUT2D eigenvalue weighted by Crippen LogP contribution is 2.41. The molecule has 0 aromatic rings. The fourth-order valence-electron chi connectivity index (χ4n) is 2.46. The molecule has 1 aliphatic heterocycles. The fourth-order valence-corrected chi connectivity index (χ4v) is 2.46. The summed E-state index contributed by atoms with van der Waals surface area (Å²) in [5.41, 5.74) is -0.128. The Kier molecular flexibility index (Phi) is 1.95. The molecule has 0 spiro atoms. The number of ketones is 1. The van der Waals surface area contributed by atoms with Gasteiger partial charge in [-0.15, -0.1) is 0 Å². The predicted octanol–water partition coefficient (Wildman–Crippen LogP) is 1.92. The topological polar surface area (TPSA) is 26.3 Å². The summed E-state index contributed by atoms with van der Waals surface area (Å²) in [7, 11) is 0. The van der Waals surface area contributed by atoms with E-state index in [-0.39, 0.29) is 11.5 Å². The minimum atomic E-state index is -0.128. The highest BCUT2D eigenvalue weighted by atomic mass is 16.5. The first kappa shape index (κ1) is 8.24. The summed E-state index contributed by atoms with van der Waals surface area (Å²) in [5, 5.41) is 0. The average molecular weight is 168 g/mol. The molecule has 0 amide bonds. The van der Waals surface area contributed by atoms with Crippen molar-refractivity contribution in [2.45, 2.75) is 45.1 Å². The molecule has 1 saturated carbocycles. The molecule has 12 heavy (non-hydrogen) atoms. The fraction of sp³-hybridized carbons (Fsp3) is 0.900. The van der Waals surface area contributed by atoms with Crippen molar-refractivity contribution in [2.75, 3.05) is 6.61 Å². The number of hydrogen-bond donors (Lipinski definition) is 0. The van der Waals surface area contributed by atoms with Crippen molar-refractivity contribution in [2.24, 2.45) is 5.41 Å². The number of rotatable bonds is 0. The van der Waals surface area contributed by atoms with Crippen LogP contribution in [-0.4, -0.2) is 18.5 Å². The molecular weight excluding hydrogens is 152 g/mol. The summed E-state index contributed by atoms with van der Waals surface area (Å²) in [4.78, 5) is 11.7. The Bertz CT molecular complexity index is 198. The Labute approximate surface area is 73.3 Å². The molecule has 0 bridgehead atoms. The van der Waals surface area contributed by atoms with Crippen LogP contribution in [0.25, 0.3) is 0 Å². The minimum absolute atomic E-state index is 0.128. The molecule has 2 fully saturated rings. The number of fused-ring (bicyclic) bond motifs is 1. The first-order chi connectivity index (χ1) is 5.73. The Morgan fingerprint density at radius 2 is 2.33 bits per heavy atom. The van der Waals surface area contributed by atoms with Crippen molar-refractivity contribution in [1.82, 2.24) is 0 Å². The minimum Gasteiger partial charge on any atom is -0.377 e. The van der Waals surface area contributed by atoms with E-state index in [0.717, 1.165) is 38.7 Å². The normalized spacial score (nSPS) is 42.4. The van der Waals surface area contributed by atoms with E-state index in [1.54, 1.807) is 0 Å². The van der Waals surface area contributed by atoms with Crippen LogP contribution in [0, 0.1) is 5.41 Å². The van der Waals surface area contributed by atoms with Gasteiger partial charge in [0, 0.05) is 13.0 Å². The lowest BCUT2D eigenvalue weighted by Crippen LogP contribution is -2.47. The molecule has 2 aliphatic rings. The Balaban J connectivity index is 2.20. The van der Waals surface area contributed by atoms with E-state index < -0.39 is 0 Å². The van der Waals surface area contributed by atoms with Crippen LogP contribution in [-0.2, 0) is 9.53 Å². The molecule has 0 unspecified atom stereocenters. The van der Waals surface area contributed by atoms with Gasteiger partial charge in [-0.3, -0.25) is 4.79 Å². The SMILES string of the molecule is C[C@]12CCCO[C@H]1CCCC2=O. The molecule has 1 heterocycles. The van der Waals surface area contributed by atoms with Crippen LogP contribution in [0.4, 0.5) is 0 Å². The predicted molar refractivity (Wildman–Crippen MR) is 45.9 cm³/mol. The van der Waals surface area contributed by atoms with Crippen LogP contribution in [0.1, 0.15) is 39.0 Å². The van der Waals surface area contributed by atoms with Crippen LogP contribution in [0.15, 0.2) is 0 Å². The van der Waals surface area contributed by atoms with Crippen molar-refractivity contribution >= 4 is 5.78 Å². The van der Waals surface area contributed by atoms with E-state index in [0.29, 0.717) is 5.78 Å². The molecule has 1 saturated heterocycles. The molecule has 1 aliphatic carbocycles. The standard InChI is InChI=1S/C10H16O2/c1-10-6-3-7-12-9(10)5-2-4-8(10)11/h9H,2-7H2,1H3/t9-,10+/m0/s1. The van der Waals surface area contributed by atoms with Gasteiger partial charge >= 0.3 is 0 Å². The smallest absolute Gasteiger partial charge is 0.141 e. The highest BCUT2D eigenvalue weighted by Gasteiger charge is 2.45. The molecule has 0 N–H and O–H groups in total. The van der Waals surface area contributed by atoms with Gasteiger partial charge in [0.2, 0.25) is 0 Å². The van der Waals surface area contributed by atoms with E-state index in [9.17, 15) is 4.79 Å². The van der Waals surface area contributed by atoms with Crippen molar-refractivity contribution < 1.29 is 9.53 Å². The average Bonchev–Trinajstić information content (AvgIpc) is 2.07. The molecule has 2 rings (SSSR count).